The fourth-order valence-electron chi connectivity index (χ4n) is 3.80. The normalized spacial score (nSPS) is 12.3. The van der Waals surface area contributed by atoms with Gasteiger partial charge in [-0.3, -0.25) is 9.79 Å². The average molecular weight is 548 g/mol. The number of hydrogen-bond acceptors (Lipinski definition) is 8. The molecule has 3 aromatic rings. The zero-order valence-electron chi connectivity index (χ0n) is 23.1. The van der Waals surface area contributed by atoms with Gasteiger partial charge in [0.05, 0.1) is 17.9 Å². The second-order valence-electron chi connectivity index (χ2n) is 9.05. The molecule has 39 heavy (non-hydrogen) atoms. The molecule has 8 nitrogen and oxygen atoms in total. The van der Waals surface area contributed by atoms with Crippen LogP contribution in [0.1, 0.15) is 46.9 Å². The maximum absolute atomic E-state index is 15.0. The summed E-state index contributed by atoms with van der Waals surface area (Å²) in [5, 5.41) is 4.29. The number of anilines is 1. The van der Waals surface area contributed by atoms with E-state index < -0.39 is 5.82 Å². The molecule has 0 saturated carbocycles. The average Bonchev–Trinajstić information content (AvgIpc) is 2.92. The Morgan fingerprint density at radius 3 is 2.56 bits per heavy atom. The van der Waals surface area contributed by atoms with Crippen molar-refractivity contribution in [3.8, 4) is 0 Å². The minimum Gasteiger partial charge on any atom is -0.404 e. The van der Waals surface area contributed by atoms with Crippen molar-refractivity contribution in [3.63, 3.8) is 0 Å². The summed E-state index contributed by atoms with van der Waals surface area (Å²) in [6.45, 7) is 7.62. The molecule has 3 rings (SSSR count). The first-order chi connectivity index (χ1) is 18.6. The highest BCUT2D eigenvalue weighted by Crippen LogP contribution is 2.27. The number of nitrogens with one attached hydrogen (secondary N) is 1. The van der Waals surface area contributed by atoms with E-state index in [0.29, 0.717) is 29.2 Å². The first kappa shape index (κ1) is 29.5. The third-order valence-electron chi connectivity index (χ3n) is 5.97. The second-order valence-corrected chi connectivity index (χ2v) is 9.84. The van der Waals surface area contributed by atoms with Crippen LogP contribution in [0.15, 0.2) is 69.8 Å². The third kappa shape index (κ3) is 7.97. The Balaban J connectivity index is 2.07. The lowest BCUT2D eigenvalue weighted by atomic mass is 10.1. The zero-order chi connectivity index (χ0) is 28.5. The molecule has 0 spiro atoms. The van der Waals surface area contributed by atoms with Gasteiger partial charge in [0, 0.05) is 60.3 Å². The number of halogens is 1. The van der Waals surface area contributed by atoms with E-state index in [1.807, 2.05) is 39.2 Å². The van der Waals surface area contributed by atoms with Gasteiger partial charge in [0.2, 0.25) is 0 Å². The smallest absolute Gasteiger partial charge is 0.253 e. The van der Waals surface area contributed by atoms with Crippen molar-refractivity contribution in [2.45, 2.75) is 45.3 Å². The maximum Gasteiger partial charge on any atom is 0.253 e. The summed E-state index contributed by atoms with van der Waals surface area (Å²) in [7, 11) is 1.62. The predicted molar refractivity (Wildman–Crippen MR) is 158 cm³/mol. The molecule has 204 valence electrons. The van der Waals surface area contributed by atoms with Gasteiger partial charge in [-0.2, -0.15) is 0 Å². The molecule has 0 bridgehead atoms. The SMILES string of the molecule is CSc1nc(C)ccc1N[C@H](C)c1ccc(/C(C=NCc2cnc(C)nc2)=C/N)n(C)c(=O)c(C)cc(F)c1. The largest absolute Gasteiger partial charge is 0.404 e. The van der Waals surface area contributed by atoms with Gasteiger partial charge >= 0.3 is 0 Å². The van der Waals surface area contributed by atoms with E-state index in [-0.39, 0.29) is 17.2 Å². The minimum absolute atomic E-state index is 0.247. The van der Waals surface area contributed by atoms with Crippen LogP contribution in [0.4, 0.5) is 10.1 Å². The molecule has 3 N–H and O–H groups in total. The molecule has 0 unspecified atom stereocenters. The summed E-state index contributed by atoms with van der Waals surface area (Å²) in [4.78, 5) is 30.5. The third-order valence-corrected chi connectivity index (χ3v) is 6.67. The summed E-state index contributed by atoms with van der Waals surface area (Å²) in [6.07, 6.45) is 8.39. The quantitative estimate of drug-likeness (QED) is 0.294. The minimum atomic E-state index is -0.519. The van der Waals surface area contributed by atoms with Crippen LogP contribution in [0.5, 0.6) is 0 Å². The fraction of sp³-hybridized carbons (Fsp3) is 0.276. The van der Waals surface area contributed by atoms with Gasteiger partial charge < -0.3 is 15.6 Å². The highest BCUT2D eigenvalue weighted by molar-refractivity contribution is 7.98. The molecule has 0 fully saturated rings. The summed E-state index contributed by atoms with van der Waals surface area (Å²) < 4.78 is 16.4. The lowest BCUT2D eigenvalue weighted by Gasteiger charge is -2.17. The van der Waals surface area contributed by atoms with Crippen molar-refractivity contribution >= 4 is 29.2 Å². The summed E-state index contributed by atoms with van der Waals surface area (Å²) in [5.74, 6) is 0.162. The Morgan fingerprint density at radius 2 is 1.90 bits per heavy atom. The van der Waals surface area contributed by atoms with Crippen LogP contribution in [0.25, 0.3) is 5.57 Å². The molecule has 10 heteroatoms. The number of thioether (sulfide) groups is 1. The van der Waals surface area contributed by atoms with E-state index in [1.54, 1.807) is 44.7 Å². The Labute approximate surface area is 232 Å². The summed E-state index contributed by atoms with van der Waals surface area (Å²) in [6, 6.07) is 9.79. The molecule has 0 saturated heterocycles. The number of nitrogens with two attached hydrogens (primary N) is 1. The van der Waals surface area contributed by atoms with E-state index in [1.165, 1.54) is 34.7 Å². The Bertz CT molecular complexity index is 1500. The van der Waals surface area contributed by atoms with Gasteiger partial charge in [-0.05, 0) is 69.8 Å². The van der Waals surface area contributed by atoms with Crippen LogP contribution in [0.3, 0.4) is 0 Å². The Kier molecular flexibility index (Phi) is 10.3. The first-order valence-corrected chi connectivity index (χ1v) is 13.6. The first-order valence-electron chi connectivity index (χ1n) is 12.4. The number of pyridine rings is 1. The number of hydrogen-bond donors (Lipinski definition) is 2. The van der Waals surface area contributed by atoms with Crippen molar-refractivity contribution < 1.29 is 4.39 Å². The molecule has 0 aromatic carbocycles. The number of aliphatic imine (C=N–C) groups is 1. The molecule has 0 aliphatic heterocycles. The number of rotatable bonds is 8. The van der Waals surface area contributed by atoms with Gasteiger partial charge in [0.25, 0.3) is 5.56 Å². The maximum atomic E-state index is 15.0. The number of aromatic nitrogens is 4. The second kappa shape index (κ2) is 13.7. The molecular formula is C29H34FN7OS. The summed E-state index contributed by atoms with van der Waals surface area (Å²) >= 11 is 1.54. The topological polar surface area (TPSA) is 111 Å². The molecule has 0 radical (unpaired) electrons. The number of allylic oxidation sites excluding steroid dienone is 1. The molecule has 0 amide bonds. The van der Waals surface area contributed by atoms with Crippen LogP contribution in [0, 0.1) is 26.6 Å². The molecule has 0 aliphatic rings. The number of aryl methyl sites for hydroxylation is 3. The lowest BCUT2D eigenvalue weighted by molar-refractivity contribution is 0.623. The van der Waals surface area contributed by atoms with Crippen molar-refractivity contribution in [2.24, 2.45) is 17.8 Å². The van der Waals surface area contributed by atoms with Gasteiger partial charge in [-0.1, -0.05) is 6.07 Å². The molecule has 3 aromatic heterocycles. The van der Waals surface area contributed by atoms with Crippen LogP contribution in [-0.2, 0) is 13.6 Å². The molecule has 1 atom stereocenters. The monoisotopic (exact) mass is 547 g/mol. The molecule has 3 heterocycles. The van der Waals surface area contributed by atoms with Crippen molar-refractivity contribution in [1.29, 1.82) is 0 Å². The van der Waals surface area contributed by atoms with Crippen LogP contribution in [-0.4, -0.2) is 32.0 Å². The van der Waals surface area contributed by atoms with E-state index in [4.69, 9.17) is 5.73 Å². The Morgan fingerprint density at radius 1 is 1.18 bits per heavy atom. The van der Waals surface area contributed by atoms with E-state index in [2.05, 4.69) is 25.3 Å². The molecular weight excluding hydrogens is 513 g/mol. The van der Waals surface area contributed by atoms with Crippen LogP contribution < -0.4 is 16.6 Å². The van der Waals surface area contributed by atoms with Gasteiger partial charge in [-0.25, -0.2) is 19.3 Å². The van der Waals surface area contributed by atoms with Crippen molar-refractivity contribution in [3.05, 3.63) is 105 Å². The number of nitrogens with zero attached hydrogens (tertiary/aromatic N) is 5. The van der Waals surface area contributed by atoms with Crippen molar-refractivity contribution in [1.82, 2.24) is 19.5 Å². The summed E-state index contributed by atoms with van der Waals surface area (Å²) in [5.41, 5.74) is 10.2. The predicted octanol–water partition coefficient (Wildman–Crippen LogP) is 5.22. The molecule has 0 aliphatic carbocycles. The van der Waals surface area contributed by atoms with Crippen molar-refractivity contribution in [2.75, 3.05) is 11.6 Å². The van der Waals surface area contributed by atoms with Gasteiger partial charge in [-0.15, -0.1) is 11.8 Å². The Hall–Kier alpha value is -4.05. The highest BCUT2D eigenvalue weighted by Gasteiger charge is 2.11. The van der Waals surface area contributed by atoms with E-state index >= 15 is 0 Å². The van der Waals surface area contributed by atoms with E-state index in [0.717, 1.165) is 22.0 Å². The van der Waals surface area contributed by atoms with Crippen LogP contribution >= 0.6 is 11.8 Å². The lowest BCUT2D eigenvalue weighted by Crippen LogP contribution is -2.20. The standard InChI is InChI=1S/C29H34FN7OS/c1-18-11-25(30)12-23(20(3)36-26-9-7-19(2)35-28(26)39-6)8-10-27(37(5)29(18)38)24(13-31)17-32-14-22-15-33-21(4)34-16-22/h7-13,15-17,20,36H,14,31H2,1-6H3/b18-11?,23-8?,24-13+,25-12?,27-10?,32-17?/t20-/m1/s1. The van der Waals surface area contributed by atoms with E-state index in [9.17, 15) is 9.18 Å². The zero-order valence-corrected chi connectivity index (χ0v) is 23.9. The van der Waals surface area contributed by atoms with Crippen LogP contribution in [0.2, 0.25) is 0 Å². The van der Waals surface area contributed by atoms with Gasteiger partial charge in [0.15, 0.2) is 0 Å². The highest BCUT2D eigenvalue weighted by atomic mass is 32.2. The van der Waals surface area contributed by atoms with Gasteiger partial charge in [0.1, 0.15) is 16.7 Å². The fourth-order valence-corrected chi connectivity index (χ4v) is 4.38.